The molecule has 74 valence electrons. The molecule has 1 rings (SSSR count). The van der Waals surface area contributed by atoms with E-state index in [1.165, 1.54) is 0 Å². The number of phenolic OH excluding ortho intramolecular Hbond substituents is 1. The molecule has 0 amide bonds. The molecule has 0 spiro atoms. The molecule has 0 aliphatic rings. The number of aromatic hydroxyl groups is 1. The van der Waals surface area contributed by atoms with Crippen LogP contribution in [0.4, 0.5) is 4.39 Å². The number of hydrogen-bond donors (Lipinski definition) is 2. The Morgan fingerprint density at radius 1 is 1.36 bits per heavy atom. The number of halogens is 2. The van der Waals surface area contributed by atoms with Crippen LogP contribution in [0.15, 0.2) is 21.5 Å². The summed E-state index contributed by atoms with van der Waals surface area (Å²) in [5.41, 5.74) is 0. The summed E-state index contributed by atoms with van der Waals surface area (Å²) in [6.07, 6.45) is 0. The van der Waals surface area contributed by atoms with E-state index in [0.29, 0.717) is 6.07 Å². The molecule has 0 aromatic heterocycles. The van der Waals surface area contributed by atoms with Crippen LogP contribution in [0.1, 0.15) is 0 Å². The van der Waals surface area contributed by atoms with Crippen molar-refractivity contribution in [3.05, 3.63) is 22.4 Å². The van der Waals surface area contributed by atoms with Gasteiger partial charge in [0.05, 0.1) is 0 Å². The normalized spacial score (nSPS) is 10.8. The summed E-state index contributed by atoms with van der Waals surface area (Å²) in [5.74, 6) is -1.81. The van der Waals surface area contributed by atoms with Gasteiger partial charge in [-0.25, -0.2) is 4.39 Å². The molecule has 0 saturated heterocycles. The van der Waals surface area contributed by atoms with Crippen molar-refractivity contribution in [1.29, 1.82) is 0 Å². The van der Waals surface area contributed by atoms with Crippen molar-refractivity contribution in [2.45, 2.75) is 4.90 Å². The summed E-state index contributed by atoms with van der Waals surface area (Å²) in [6.45, 7) is 0. The number of hydrogen-bond acceptors (Lipinski definition) is 3. The van der Waals surface area contributed by atoms with Gasteiger partial charge in [0.15, 0.2) is 11.6 Å². The quantitative estimate of drug-likeness (QED) is 0.596. The average molecular weight is 295 g/mol. The van der Waals surface area contributed by atoms with E-state index < -0.39 is 26.6 Å². The SMILES string of the molecule is O=S(=O)(O)c1cc(F)c(O)cc1Br.[NaH]. The number of benzene rings is 1. The number of phenols is 1. The zero-order valence-electron chi connectivity index (χ0n) is 6.03. The first-order valence-electron chi connectivity index (χ1n) is 2.98. The van der Waals surface area contributed by atoms with Gasteiger partial charge in [-0.3, -0.25) is 4.55 Å². The van der Waals surface area contributed by atoms with Crippen molar-refractivity contribution in [3.63, 3.8) is 0 Å². The van der Waals surface area contributed by atoms with Crippen molar-refractivity contribution < 1.29 is 22.5 Å². The van der Waals surface area contributed by atoms with Gasteiger partial charge >= 0.3 is 29.6 Å². The van der Waals surface area contributed by atoms with Crippen molar-refractivity contribution in [1.82, 2.24) is 0 Å². The van der Waals surface area contributed by atoms with Crippen LogP contribution in [0.5, 0.6) is 5.75 Å². The van der Waals surface area contributed by atoms with E-state index in [1.807, 2.05) is 0 Å². The Bertz CT molecular complexity index is 447. The molecule has 0 saturated carbocycles. The van der Waals surface area contributed by atoms with Crippen LogP contribution >= 0.6 is 15.9 Å². The van der Waals surface area contributed by atoms with E-state index in [-0.39, 0.29) is 34.0 Å². The average Bonchev–Trinajstić information content (AvgIpc) is 1.94. The molecule has 0 atom stereocenters. The predicted octanol–water partition coefficient (Wildman–Crippen LogP) is 0.892. The molecular weight excluding hydrogens is 290 g/mol. The first-order valence-corrected chi connectivity index (χ1v) is 5.21. The topological polar surface area (TPSA) is 74.6 Å². The fourth-order valence-corrected chi connectivity index (χ4v) is 2.22. The van der Waals surface area contributed by atoms with E-state index in [0.717, 1.165) is 6.07 Å². The molecular formula is C6H5BrFNaO4S. The third-order valence-electron chi connectivity index (χ3n) is 1.28. The third-order valence-corrected chi connectivity index (χ3v) is 3.09. The molecule has 0 unspecified atom stereocenters. The van der Waals surface area contributed by atoms with E-state index in [2.05, 4.69) is 15.9 Å². The second-order valence-electron chi connectivity index (χ2n) is 2.21. The molecule has 0 aliphatic carbocycles. The van der Waals surface area contributed by atoms with E-state index in [1.54, 1.807) is 0 Å². The molecule has 0 aliphatic heterocycles. The van der Waals surface area contributed by atoms with Gasteiger partial charge in [0.1, 0.15) is 4.90 Å². The Hall–Kier alpha value is 0.340. The summed E-state index contributed by atoms with van der Waals surface area (Å²) in [7, 11) is -4.47. The Balaban J connectivity index is 0.00000169. The molecule has 1 aromatic carbocycles. The van der Waals surface area contributed by atoms with Crippen molar-refractivity contribution >= 4 is 55.6 Å². The van der Waals surface area contributed by atoms with Gasteiger partial charge in [-0.2, -0.15) is 8.42 Å². The Morgan fingerprint density at radius 3 is 2.29 bits per heavy atom. The zero-order valence-corrected chi connectivity index (χ0v) is 8.43. The van der Waals surface area contributed by atoms with Gasteiger partial charge in [-0.15, -0.1) is 0 Å². The maximum absolute atomic E-state index is 12.6. The van der Waals surface area contributed by atoms with E-state index in [4.69, 9.17) is 9.66 Å². The van der Waals surface area contributed by atoms with Crippen molar-refractivity contribution in [3.8, 4) is 5.75 Å². The van der Waals surface area contributed by atoms with E-state index in [9.17, 15) is 12.8 Å². The molecule has 2 N–H and O–H groups in total. The molecule has 0 fully saturated rings. The number of rotatable bonds is 1. The fourth-order valence-electron chi connectivity index (χ4n) is 0.716. The molecule has 4 nitrogen and oxygen atoms in total. The van der Waals surface area contributed by atoms with Crippen LogP contribution in [0.2, 0.25) is 0 Å². The third kappa shape index (κ3) is 3.18. The van der Waals surface area contributed by atoms with Gasteiger partial charge in [-0.05, 0) is 28.1 Å². The molecule has 8 heteroatoms. The molecule has 0 heterocycles. The maximum atomic E-state index is 12.6. The van der Waals surface area contributed by atoms with Gasteiger partial charge in [0.25, 0.3) is 10.1 Å². The monoisotopic (exact) mass is 294 g/mol. The van der Waals surface area contributed by atoms with Gasteiger partial charge < -0.3 is 5.11 Å². The second kappa shape index (κ2) is 4.91. The summed E-state index contributed by atoms with van der Waals surface area (Å²) in [6, 6.07) is 1.37. The standard InChI is InChI=1S/C6H4BrFO4S.Na.H/c7-3-1-5(9)4(8)2-6(3)13(10,11)12;;/h1-2,9H,(H,10,11,12);;. The van der Waals surface area contributed by atoms with Crippen LogP contribution in [0.3, 0.4) is 0 Å². The summed E-state index contributed by atoms with van der Waals surface area (Å²) >= 11 is 2.75. The molecule has 14 heavy (non-hydrogen) atoms. The van der Waals surface area contributed by atoms with Crippen LogP contribution in [-0.4, -0.2) is 47.6 Å². The zero-order chi connectivity index (χ0) is 10.2. The van der Waals surface area contributed by atoms with Crippen molar-refractivity contribution in [2.75, 3.05) is 0 Å². The van der Waals surface area contributed by atoms with Crippen LogP contribution in [0, 0.1) is 5.82 Å². The Kier molecular flexibility index (Phi) is 5.03. The van der Waals surface area contributed by atoms with Gasteiger partial charge in [0, 0.05) is 4.47 Å². The summed E-state index contributed by atoms with van der Waals surface area (Å²) < 4.78 is 42.3. The molecule has 0 radical (unpaired) electrons. The minimum absolute atomic E-state index is 0. The van der Waals surface area contributed by atoms with Crippen LogP contribution < -0.4 is 0 Å². The Labute approximate surface area is 110 Å². The first-order chi connectivity index (χ1) is 5.82. The molecule has 0 bridgehead atoms. The summed E-state index contributed by atoms with van der Waals surface area (Å²) in [4.78, 5) is -0.622. The Morgan fingerprint density at radius 2 is 1.86 bits per heavy atom. The van der Waals surface area contributed by atoms with Crippen LogP contribution in [-0.2, 0) is 10.1 Å². The van der Waals surface area contributed by atoms with Gasteiger partial charge in [0.2, 0.25) is 0 Å². The van der Waals surface area contributed by atoms with E-state index >= 15 is 0 Å². The fraction of sp³-hybridized carbons (Fsp3) is 0. The second-order valence-corrected chi connectivity index (χ2v) is 4.45. The van der Waals surface area contributed by atoms with Crippen molar-refractivity contribution in [2.24, 2.45) is 0 Å². The molecule has 1 aromatic rings. The van der Waals surface area contributed by atoms with Crippen LogP contribution in [0.25, 0.3) is 0 Å². The first kappa shape index (κ1) is 14.3. The summed E-state index contributed by atoms with van der Waals surface area (Å²) in [5, 5.41) is 8.81. The van der Waals surface area contributed by atoms with Gasteiger partial charge in [-0.1, -0.05) is 0 Å². The predicted molar refractivity (Wildman–Crippen MR) is 52.7 cm³/mol. The minimum atomic E-state index is -4.47.